The molecule has 32 heavy (non-hydrogen) atoms. The van der Waals surface area contributed by atoms with Gasteiger partial charge < -0.3 is 21.1 Å². The Kier molecular flexibility index (Phi) is 10.8. The van der Waals surface area contributed by atoms with E-state index in [1.54, 1.807) is 7.05 Å². The topological polar surface area (TPSA) is 92.0 Å². The fourth-order valence-corrected chi connectivity index (χ4v) is 3.88. The lowest BCUT2D eigenvalue weighted by Gasteiger charge is -2.38. The van der Waals surface area contributed by atoms with Gasteiger partial charge in [-0.2, -0.15) is 0 Å². The van der Waals surface area contributed by atoms with Gasteiger partial charge in [-0.1, -0.05) is 42.5 Å². The number of nitrogens with one attached hydrogen (secondary N) is 2. The van der Waals surface area contributed by atoms with Crippen LogP contribution in [0.4, 0.5) is 0 Å². The second kappa shape index (κ2) is 13.3. The third-order valence-electron chi connectivity index (χ3n) is 5.55. The Labute approximate surface area is 207 Å². The largest absolute Gasteiger partial charge is 0.484 e. The number of aliphatic imine (C=N–C) groups is 1. The van der Waals surface area contributed by atoms with E-state index in [1.807, 2.05) is 24.3 Å². The van der Waals surface area contributed by atoms with Gasteiger partial charge in [-0.25, -0.2) is 0 Å². The Morgan fingerprint density at radius 3 is 2.62 bits per heavy atom. The SMILES string of the molecule is CN=C(NCc1cccc(OCC(N)=O)c1)NC1CCN(Cc2ccccc2)C(C)C1.I. The molecule has 0 saturated carbocycles. The molecular weight excluding hydrogens is 517 g/mol. The summed E-state index contributed by atoms with van der Waals surface area (Å²) in [5.74, 6) is 0.926. The molecule has 0 aliphatic carbocycles. The molecule has 3 rings (SSSR count). The molecule has 0 aromatic heterocycles. The number of rotatable bonds is 8. The normalized spacial score (nSPS) is 19.0. The molecule has 0 bridgehead atoms. The third kappa shape index (κ3) is 8.31. The van der Waals surface area contributed by atoms with Crippen molar-refractivity contribution in [3.05, 3.63) is 65.7 Å². The lowest BCUT2D eigenvalue weighted by molar-refractivity contribution is -0.119. The number of ether oxygens (including phenoxy) is 1. The number of benzene rings is 2. The van der Waals surface area contributed by atoms with Gasteiger partial charge in [0.05, 0.1) is 0 Å². The Bertz CT molecular complexity index is 878. The molecule has 1 amide bonds. The van der Waals surface area contributed by atoms with Gasteiger partial charge in [0.25, 0.3) is 5.91 Å². The third-order valence-corrected chi connectivity index (χ3v) is 5.55. The van der Waals surface area contributed by atoms with Crippen molar-refractivity contribution in [2.45, 2.75) is 44.9 Å². The van der Waals surface area contributed by atoms with E-state index >= 15 is 0 Å². The van der Waals surface area contributed by atoms with Crippen LogP contribution in [0.2, 0.25) is 0 Å². The van der Waals surface area contributed by atoms with Gasteiger partial charge >= 0.3 is 0 Å². The van der Waals surface area contributed by atoms with Crippen molar-refractivity contribution in [3.63, 3.8) is 0 Å². The highest BCUT2D eigenvalue weighted by molar-refractivity contribution is 14.0. The van der Waals surface area contributed by atoms with E-state index in [2.05, 4.69) is 57.8 Å². The first-order chi connectivity index (χ1) is 15.0. The first-order valence-corrected chi connectivity index (χ1v) is 10.8. The zero-order chi connectivity index (χ0) is 22.1. The second-order valence-corrected chi connectivity index (χ2v) is 8.00. The molecule has 1 aliphatic rings. The molecule has 7 nitrogen and oxygen atoms in total. The van der Waals surface area contributed by atoms with Crippen molar-refractivity contribution >= 4 is 35.8 Å². The number of likely N-dealkylation sites (tertiary alicyclic amines) is 1. The Morgan fingerprint density at radius 1 is 1.19 bits per heavy atom. The number of nitrogens with zero attached hydrogens (tertiary/aromatic N) is 2. The number of halogens is 1. The number of hydrogen-bond acceptors (Lipinski definition) is 4. The molecular formula is C24H34IN5O2. The van der Waals surface area contributed by atoms with Gasteiger partial charge in [-0.3, -0.25) is 14.7 Å². The highest BCUT2D eigenvalue weighted by atomic mass is 127. The highest BCUT2D eigenvalue weighted by Crippen LogP contribution is 2.20. The number of guanidine groups is 1. The average Bonchev–Trinajstić information content (AvgIpc) is 2.78. The molecule has 1 saturated heterocycles. The lowest BCUT2D eigenvalue weighted by Crippen LogP contribution is -2.51. The van der Waals surface area contributed by atoms with Crippen LogP contribution in [-0.4, -0.2) is 49.0 Å². The van der Waals surface area contributed by atoms with Gasteiger partial charge in [0, 0.05) is 38.8 Å². The zero-order valence-electron chi connectivity index (χ0n) is 18.8. The molecule has 8 heteroatoms. The summed E-state index contributed by atoms with van der Waals surface area (Å²) in [7, 11) is 1.79. The Balaban J connectivity index is 0.00000363. The molecule has 1 aliphatic heterocycles. The van der Waals surface area contributed by atoms with Gasteiger partial charge in [0.1, 0.15) is 5.75 Å². The minimum atomic E-state index is -0.489. The van der Waals surface area contributed by atoms with Crippen LogP contribution in [0.5, 0.6) is 5.75 Å². The van der Waals surface area contributed by atoms with Crippen molar-refractivity contribution in [2.75, 3.05) is 20.2 Å². The minimum Gasteiger partial charge on any atom is -0.484 e. The molecule has 2 atom stereocenters. The van der Waals surface area contributed by atoms with Crippen LogP contribution in [0.15, 0.2) is 59.6 Å². The van der Waals surface area contributed by atoms with E-state index in [1.165, 1.54) is 5.56 Å². The molecule has 2 aromatic rings. The van der Waals surface area contributed by atoms with Gasteiger partial charge in [-0.05, 0) is 43.0 Å². The van der Waals surface area contributed by atoms with Crippen molar-refractivity contribution in [2.24, 2.45) is 10.7 Å². The summed E-state index contributed by atoms with van der Waals surface area (Å²) >= 11 is 0. The molecule has 0 spiro atoms. The summed E-state index contributed by atoms with van der Waals surface area (Å²) < 4.78 is 5.37. The number of carbonyl (C=O) groups excluding carboxylic acids is 1. The zero-order valence-corrected chi connectivity index (χ0v) is 21.1. The number of primary amides is 1. The van der Waals surface area contributed by atoms with E-state index in [-0.39, 0.29) is 30.6 Å². The minimum absolute atomic E-state index is 0. The summed E-state index contributed by atoms with van der Waals surface area (Å²) in [6.45, 7) is 4.83. The monoisotopic (exact) mass is 551 g/mol. The summed E-state index contributed by atoms with van der Waals surface area (Å²) in [5.41, 5.74) is 7.54. The van der Waals surface area contributed by atoms with E-state index in [4.69, 9.17) is 10.5 Å². The van der Waals surface area contributed by atoms with E-state index in [0.29, 0.717) is 24.4 Å². The highest BCUT2D eigenvalue weighted by Gasteiger charge is 2.25. The maximum atomic E-state index is 10.9. The molecule has 1 fully saturated rings. The first kappa shape index (κ1) is 25.9. The fraction of sp³-hybridized carbons (Fsp3) is 0.417. The standard InChI is InChI=1S/C24H33N5O2.HI/c1-18-13-21(11-12-29(18)16-19-7-4-3-5-8-19)28-24(26-2)27-15-20-9-6-10-22(14-20)31-17-23(25)30;/h3-10,14,18,21H,11-13,15-17H2,1-2H3,(H2,25,30)(H2,26,27,28);1H. The molecule has 174 valence electrons. The maximum Gasteiger partial charge on any atom is 0.255 e. The number of carbonyl (C=O) groups is 1. The van der Waals surface area contributed by atoms with Gasteiger partial charge in [0.2, 0.25) is 0 Å². The summed E-state index contributed by atoms with van der Waals surface area (Å²) in [6.07, 6.45) is 2.15. The van der Waals surface area contributed by atoms with Crippen LogP contribution in [0.1, 0.15) is 30.9 Å². The predicted molar refractivity (Wildman–Crippen MR) is 139 cm³/mol. The summed E-state index contributed by atoms with van der Waals surface area (Å²) in [4.78, 5) is 17.8. The van der Waals surface area contributed by atoms with E-state index in [0.717, 1.165) is 37.5 Å². The second-order valence-electron chi connectivity index (χ2n) is 8.00. The van der Waals surface area contributed by atoms with Crippen LogP contribution < -0.4 is 21.1 Å². The van der Waals surface area contributed by atoms with E-state index in [9.17, 15) is 4.79 Å². The number of nitrogens with two attached hydrogens (primary N) is 1. The van der Waals surface area contributed by atoms with Crippen LogP contribution in [-0.2, 0) is 17.9 Å². The average molecular weight is 551 g/mol. The predicted octanol–water partition coefficient (Wildman–Crippen LogP) is 2.89. The smallest absolute Gasteiger partial charge is 0.255 e. The number of amides is 1. The number of piperidine rings is 1. The molecule has 4 N–H and O–H groups in total. The summed E-state index contributed by atoms with van der Waals surface area (Å²) in [5, 5.41) is 6.93. The number of hydrogen-bond donors (Lipinski definition) is 3. The van der Waals surface area contributed by atoms with Crippen LogP contribution in [0, 0.1) is 0 Å². The van der Waals surface area contributed by atoms with Crippen LogP contribution in [0.3, 0.4) is 0 Å². The Hall–Kier alpha value is -2.33. The molecule has 2 unspecified atom stereocenters. The van der Waals surface area contributed by atoms with Crippen LogP contribution >= 0.6 is 24.0 Å². The van der Waals surface area contributed by atoms with Crippen molar-refractivity contribution in [1.82, 2.24) is 15.5 Å². The lowest BCUT2D eigenvalue weighted by atomic mass is 9.97. The first-order valence-electron chi connectivity index (χ1n) is 10.8. The van der Waals surface area contributed by atoms with E-state index < -0.39 is 5.91 Å². The van der Waals surface area contributed by atoms with Gasteiger partial charge in [-0.15, -0.1) is 24.0 Å². The molecule has 0 radical (unpaired) electrons. The summed E-state index contributed by atoms with van der Waals surface area (Å²) in [6, 6.07) is 19.1. The van der Waals surface area contributed by atoms with Crippen molar-refractivity contribution in [1.29, 1.82) is 0 Å². The molecule has 1 heterocycles. The van der Waals surface area contributed by atoms with Crippen molar-refractivity contribution < 1.29 is 9.53 Å². The van der Waals surface area contributed by atoms with Crippen LogP contribution in [0.25, 0.3) is 0 Å². The van der Waals surface area contributed by atoms with Crippen molar-refractivity contribution in [3.8, 4) is 5.75 Å². The van der Waals surface area contributed by atoms with Gasteiger partial charge in [0.15, 0.2) is 12.6 Å². The Morgan fingerprint density at radius 2 is 1.94 bits per heavy atom. The molecule has 2 aromatic carbocycles. The fourth-order valence-electron chi connectivity index (χ4n) is 3.88. The quantitative estimate of drug-likeness (QED) is 0.267. The maximum absolute atomic E-state index is 10.9.